The Labute approximate surface area is 125 Å². The second-order valence-corrected chi connectivity index (χ2v) is 6.53. The molecule has 1 aromatic rings. The molecular formula is C16H25BrN2. The predicted molar refractivity (Wildman–Crippen MR) is 87.1 cm³/mol. The Balaban J connectivity index is 2.36. The quantitative estimate of drug-likeness (QED) is 0.902. The van der Waals surface area contributed by atoms with Gasteiger partial charge < -0.3 is 10.2 Å². The number of halogens is 1. The molecule has 106 valence electrons. The Kier molecular flexibility index (Phi) is 4.91. The first-order chi connectivity index (χ1) is 9.06. The number of hydrogen-bond donors (Lipinski definition) is 1. The lowest BCUT2D eigenvalue weighted by molar-refractivity contribution is 0.378. The van der Waals surface area contributed by atoms with Crippen LogP contribution in [0.25, 0.3) is 0 Å². The maximum Gasteiger partial charge on any atom is 0.0429 e. The fourth-order valence-electron chi connectivity index (χ4n) is 3.13. The maximum absolute atomic E-state index is 3.67. The van der Waals surface area contributed by atoms with Crippen LogP contribution in [0.15, 0.2) is 16.6 Å². The van der Waals surface area contributed by atoms with Gasteiger partial charge in [-0.15, -0.1) is 0 Å². The van der Waals surface area contributed by atoms with Gasteiger partial charge in [0, 0.05) is 35.3 Å². The fourth-order valence-corrected chi connectivity index (χ4v) is 3.82. The van der Waals surface area contributed by atoms with Crippen LogP contribution in [0.3, 0.4) is 0 Å². The summed E-state index contributed by atoms with van der Waals surface area (Å²) < 4.78 is 1.18. The number of aryl methyl sites for hydroxylation is 2. The van der Waals surface area contributed by atoms with Gasteiger partial charge in [0.1, 0.15) is 0 Å². The predicted octanol–water partition coefficient (Wildman–Crippen LogP) is 4.03. The summed E-state index contributed by atoms with van der Waals surface area (Å²) in [5, 5.41) is 3.67. The molecule has 1 fully saturated rings. The summed E-state index contributed by atoms with van der Waals surface area (Å²) >= 11 is 3.60. The molecule has 0 spiro atoms. The molecule has 0 bridgehead atoms. The van der Waals surface area contributed by atoms with Crippen LogP contribution in [0.2, 0.25) is 0 Å². The van der Waals surface area contributed by atoms with Gasteiger partial charge in [-0.1, -0.05) is 29.8 Å². The molecule has 2 rings (SSSR count). The molecular weight excluding hydrogens is 300 g/mol. The van der Waals surface area contributed by atoms with E-state index >= 15 is 0 Å². The monoisotopic (exact) mass is 324 g/mol. The molecule has 0 aliphatic carbocycles. The van der Waals surface area contributed by atoms with Crippen molar-refractivity contribution >= 4 is 21.6 Å². The average molecular weight is 325 g/mol. The molecule has 1 N–H and O–H groups in total. The second kappa shape index (κ2) is 6.27. The van der Waals surface area contributed by atoms with Crippen molar-refractivity contribution < 1.29 is 0 Å². The Hall–Kier alpha value is -0.540. The average Bonchev–Trinajstić information content (AvgIpc) is 2.37. The first kappa shape index (κ1) is 14.9. The summed E-state index contributed by atoms with van der Waals surface area (Å²) in [6, 6.07) is 5.70. The zero-order valence-corrected chi connectivity index (χ0v) is 14.0. The van der Waals surface area contributed by atoms with Gasteiger partial charge in [-0.05, 0) is 49.9 Å². The van der Waals surface area contributed by atoms with Gasteiger partial charge in [0.25, 0.3) is 0 Å². The minimum absolute atomic E-state index is 0.612. The van der Waals surface area contributed by atoms with E-state index in [0.29, 0.717) is 12.1 Å². The SMILES string of the molecule is CCC1CN(c2c(C)cc(Br)cc2C)C(CC)CN1. The molecule has 0 aromatic heterocycles. The van der Waals surface area contributed by atoms with Crippen molar-refractivity contribution in [2.24, 2.45) is 0 Å². The van der Waals surface area contributed by atoms with Crippen LogP contribution in [0.1, 0.15) is 37.8 Å². The van der Waals surface area contributed by atoms with Crippen molar-refractivity contribution in [3.8, 4) is 0 Å². The highest BCUT2D eigenvalue weighted by atomic mass is 79.9. The first-order valence-electron chi connectivity index (χ1n) is 7.33. The van der Waals surface area contributed by atoms with E-state index in [1.54, 1.807) is 0 Å². The number of nitrogens with one attached hydrogen (secondary N) is 1. The van der Waals surface area contributed by atoms with Crippen LogP contribution in [0.5, 0.6) is 0 Å². The Morgan fingerprint density at radius 2 is 1.84 bits per heavy atom. The van der Waals surface area contributed by atoms with E-state index in [2.05, 4.69) is 66.0 Å². The highest BCUT2D eigenvalue weighted by molar-refractivity contribution is 9.10. The highest BCUT2D eigenvalue weighted by Gasteiger charge is 2.27. The van der Waals surface area contributed by atoms with Crippen LogP contribution in [-0.4, -0.2) is 25.2 Å². The molecule has 2 nitrogen and oxygen atoms in total. The molecule has 0 saturated carbocycles. The molecule has 2 atom stereocenters. The minimum Gasteiger partial charge on any atom is -0.365 e. The van der Waals surface area contributed by atoms with Gasteiger partial charge in [0.15, 0.2) is 0 Å². The molecule has 1 aliphatic rings. The number of rotatable bonds is 3. The van der Waals surface area contributed by atoms with E-state index in [1.165, 1.54) is 34.1 Å². The molecule has 0 amide bonds. The van der Waals surface area contributed by atoms with Crippen molar-refractivity contribution in [3.63, 3.8) is 0 Å². The summed E-state index contributed by atoms with van der Waals surface area (Å²) in [6.45, 7) is 11.2. The normalized spacial score (nSPS) is 23.7. The van der Waals surface area contributed by atoms with Crippen LogP contribution in [-0.2, 0) is 0 Å². The van der Waals surface area contributed by atoms with Gasteiger partial charge in [-0.25, -0.2) is 0 Å². The summed E-state index contributed by atoms with van der Waals surface area (Å²) in [5.41, 5.74) is 4.19. The van der Waals surface area contributed by atoms with Crippen LogP contribution >= 0.6 is 15.9 Å². The third kappa shape index (κ3) is 3.14. The largest absolute Gasteiger partial charge is 0.365 e. The highest BCUT2D eigenvalue weighted by Crippen LogP contribution is 2.31. The van der Waals surface area contributed by atoms with Crippen molar-refractivity contribution in [3.05, 3.63) is 27.7 Å². The fraction of sp³-hybridized carbons (Fsp3) is 0.625. The second-order valence-electron chi connectivity index (χ2n) is 5.62. The molecule has 1 heterocycles. The third-order valence-electron chi connectivity index (χ3n) is 4.21. The Morgan fingerprint density at radius 1 is 1.21 bits per heavy atom. The zero-order valence-electron chi connectivity index (χ0n) is 12.5. The van der Waals surface area contributed by atoms with Gasteiger partial charge in [0.05, 0.1) is 0 Å². The lowest BCUT2D eigenvalue weighted by Gasteiger charge is -2.43. The topological polar surface area (TPSA) is 15.3 Å². The molecule has 2 unspecified atom stereocenters. The van der Waals surface area contributed by atoms with E-state index in [0.717, 1.165) is 13.1 Å². The Morgan fingerprint density at radius 3 is 2.37 bits per heavy atom. The first-order valence-corrected chi connectivity index (χ1v) is 8.12. The van der Waals surface area contributed by atoms with Gasteiger partial charge in [-0.2, -0.15) is 0 Å². The number of nitrogens with zero attached hydrogens (tertiary/aromatic N) is 1. The number of benzene rings is 1. The molecule has 19 heavy (non-hydrogen) atoms. The van der Waals surface area contributed by atoms with Crippen molar-refractivity contribution in [1.82, 2.24) is 5.32 Å². The van der Waals surface area contributed by atoms with E-state index in [1.807, 2.05) is 0 Å². The van der Waals surface area contributed by atoms with Gasteiger partial charge in [-0.3, -0.25) is 0 Å². The molecule has 1 aromatic carbocycles. The summed E-state index contributed by atoms with van der Waals surface area (Å²) in [6.07, 6.45) is 2.39. The zero-order chi connectivity index (χ0) is 14.0. The smallest absolute Gasteiger partial charge is 0.0429 e. The van der Waals surface area contributed by atoms with Crippen molar-refractivity contribution in [2.75, 3.05) is 18.0 Å². The van der Waals surface area contributed by atoms with E-state index < -0.39 is 0 Å². The lowest BCUT2D eigenvalue weighted by atomic mass is 10.00. The maximum atomic E-state index is 3.67. The van der Waals surface area contributed by atoms with Crippen LogP contribution in [0, 0.1) is 13.8 Å². The van der Waals surface area contributed by atoms with Gasteiger partial charge >= 0.3 is 0 Å². The Bertz CT molecular complexity index is 421. The number of anilines is 1. The molecule has 0 radical (unpaired) electrons. The molecule has 1 aliphatic heterocycles. The number of hydrogen-bond acceptors (Lipinski definition) is 2. The standard InChI is InChI=1S/C16H25BrN2/c1-5-14-10-19(15(6-2)9-18-14)16-11(3)7-13(17)8-12(16)4/h7-8,14-15,18H,5-6,9-10H2,1-4H3. The van der Waals surface area contributed by atoms with E-state index in [4.69, 9.17) is 0 Å². The lowest BCUT2D eigenvalue weighted by Crippen LogP contribution is -2.56. The van der Waals surface area contributed by atoms with Crippen LogP contribution in [0.4, 0.5) is 5.69 Å². The number of piperazine rings is 1. The third-order valence-corrected chi connectivity index (χ3v) is 4.66. The van der Waals surface area contributed by atoms with Gasteiger partial charge in [0.2, 0.25) is 0 Å². The summed E-state index contributed by atoms with van der Waals surface area (Å²) in [4.78, 5) is 2.63. The van der Waals surface area contributed by atoms with E-state index in [9.17, 15) is 0 Å². The minimum atomic E-state index is 0.612. The summed E-state index contributed by atoms with van der Waals surface area (Å²) in [5.74, 6) is 0. The molecule has 1 saturated heterocycles. The molecule has 3 heteroatoms. The van der Waals surface area contributed by atoms with Crippen molar-refractivity contribution in [2.45, 2.75) is 52.6 Å². The van der Waals surface area contributed by atoms with Crippen LogP contribution < -0.4 is 10.2 Å². The van der Waals surface area contributed by atoms with Crippen molar-refractivity contribution in [1.29, 1.82) is 0 Å². The summed E-state index contributed by atoms with van der Waals surface area (Å²) in [7, 11) is 0. The van der Waals surface area contributed by atoms with E-state index in [-0.39, 0.29) is 0 Å².